The molecule has 0 aliphatic carbocycles. The zero-order chi connectivity index (χ0) is 28.1. The van der Waals surface area contributed by atoms with Gasteiger partial charge in [0, 0.05) is 5.69 Å². The molecule has 212 valence electrons. The van der Waals surface area contributed by atoms with Crippen molar-refractivity contribution in [3.8, 4) is 0 Å². The number of benzene rings is 2. The number of anilines is 1. The fourth-order valence-electron chi connectivity index (χ4n) is 5.05. The van der Waals surface area contributed by atoms with Crippen molar-refractivity contribution < 1.29 is 4.74 Å². The summed E-state index contributed by atoms with van der Waals surface area (Å²) in [6, 6.07) is 13.9. The Morgan fingerprint density at radius 1 is 0.632 bits per heavy atom. The van der Waals surface area contributed by atoms with Crippen molar-refractivity contribution in [3.63, 3.8) is 0 Å². The monoisotopic (exact) mass is 520 g/mol. The zero-order valence-corrected chi connectivity index (χ0v) is 26.0. The first kappa shape index (κ1) is 31.9. The number of rotatable bonds is 15. The summed E-state index contributed by atoms with van der Waals surface area (Å²) in [5.41, 5.74) is 7.37. The van der Waals surface area contributed by atoms with Crippen LogP contribution in [0.1, 0.15) is 160 Å². The summed E-state index contributed by atoms with van der Waals surface area (Å²) >= 11 is 0. The molecular formula is C35H56N2O. The van der Waals surface area contributed by atoms with Crippen LogP contribution in [0.3, 0.4) is 0 Å². The van der Waals surface area contributed by atoms with Crippen molar-refractivity contribution >= 4 is 17.4 Å². The van der Waals surface area contributed by atoms with E-state index in [0.717, 1.165) is 17.8 Å². The molecule has 0 unspecified atom stereocenters. The molecule has 2 rings (SSSR count). The maximum absolute atomic E-state index is 6.47. The third kappa shape index (κ3) is 9.79. The lowest BCUT2D eigenvalue weighted by Gasteiger charge is -2.23. The third-order valence-corrected chi connectivity index (χ3v) is 7.40. The van der Waals surface area contributed by atoms with E-state index in [1.54, 1.807) is 0 Å². The third-order valence-electron chi connectivity index (χ3n) is 7.40. The molecule has 38 heavy (non-hydrogen) atoms. The van der Waals surface area contributed by atoms with E-state index < -0.39 is 0 Å². The smallest absolute Gasteiger partial charge is 0.294 e. The molecule has 0 radical (unpaired) electrons. The highest BCUT2D eigenvalue weighted by molar-refractivity contribution is 5.93. The number of para-hydroxylation sites is 2. The molecule has 2 aromatic carbocycles. The Hall–Kier alpha value is -2.29. The van der Waals surface area contributed by atoms with Crippen LogP contribution < -0.4 is 5.32 Å². The number of amidine groups is 1. The van der Waals surface area contributed by atoms with Gasteiger partial charge >= 0.3 is 0 Å². The molecule has 3 heteroatoms. The van der Waals surface area contributed by atoms with Gasteiger partial charge in [0.05, 0.1) is 12.3 Å². The van der Waals surface area contributed by atoms with Crippen LogP contribution in [-0.2, 0) is 4.74 Å². The fourth-order valence-corrected chi connectivity index (χ4v) is 5.05. The molecule has 0 spiro atoms. The SMILES string of the molecule is CCCCCCCCCCOC(=Nc1c(C(C)C)cccc1C(C)C)Nc1c(C(C)C)cccc1C(C)C. The molecule has 0 heterocycles. The van der Waals surface area contributed by atoms with Gasteiger partial charge in [-0.2, -0.15) is 4.99 Å². The molecule has 0 aliphatic heterocycles. The average molecular weight is 521 g/mol. The Kier molecular flexibility index (Phi) is 14.0. The second kappa shape index (κ2) is 16.6. The van der Waals surface area contributed by atoms with E-state index in [9.17, 15) is 0 Å². The van der Waals surface area contributed by atoms with Gasteiger partial charge in [-0.25, -0.2) is 0 Å². The highest BCUT2D eigenvalue weighted by Gasteiger charge is 2.19. The predicted molar refractivity (Wildman–Crippen MR) is 169 cm³/mol. The van der Waals surface area contributed by atoms with Crippen molar-refractivity contribution in [2.45, 2.75) is 137 Å². The standard InChI is InChI=1S/C35H56N2O/c1-10-11-12-13-14-15-16-17-24-38-35(36-33-29(25(2)3)20-18-21-30(33)26(4)5)37-34-31(27(6)7)22-19-23-32(34)28(8)9/h18-23,25-28H,10-17,24H2,1-9H3,(H,36,37). The van der Waals surface area contributed by atoms with Crippen molar-refractivity contribution in [1.82, 2.24) is 0 Å². The van der Waals surface area contributed by atoms with Gasteiger partial charge in [-0.1, -0.05) is 144 Å². The van der Waals surface area contributed by atoms with Crippen molar-refractivity contribution in [2.75, 3.05) is 11.9 Å². The quantitative estimate of drug-likeness (QED) is 0.144. The van der Waals surface area contributed by atoms with E-state index in [0.29, 0.717) is 36.3 Å². The number of nitrogens with one attached hydrogen (secondary N) is 1. The lowest BCUT2D eigenvalue weighted by molar-refractivity contribution is 0.291. The van der Waals surface area contributed by atoms with Crippen LogP contribution in [0.2, 0.25) is 0 Å². The highest BCUT2D eigenvalue weighted by atomic mass is 16.5. The zero-order valence-electron chi connectivity index (χ0n) is 26.0. The lowest BCUT2D eigenvalue weighted by Crippen LogP contribution is -2.20. The van der Waals surface area contributed by atoms with Crippen molar-refractivity contribution in [3.05, 3.63) is 58.7 Å². The summed E-state index contributed by atoms with van der Waals surface area (Å²) in [7, 11) is 0. The van der Waals surface area contributed by atoms with E-state index in [1.165, 1.54) is 67.2 Å². The number of hydrogen-bond donors (Lipinski definition) is 1. The van der Waals surface area contributed by atoms with Gasteiger partial charge in [-0.05, 0) is 52.3 Å². The Balaban J connectivity index is 2.38. The van der Waals surface area contributed by atoms with Crippen LogP contribution in [0.5, 0.6) is 0 Å². The fraction of sp³-hybridized carbons (Fsp3) is 0.629. The summed E-state index contributed by atoms with van der Waals surface area (Å²) in [5.74, 6) is 1.57. The summed E-state index contributed by atoms with van der Waals surface area (Å²) in [6.07, 6.45) is 10.3. The molecule has 0 aliphatic rings. The Bertz CT molecular complexity index is 935. The van der Waals surface area contributed by atoms with E-state index in [1.807, 2.05) is 0 Å². The van der Waals surface area contributed by atoms with Gasteiger partial charge in [0.1, 0.15) is 0 Å². The summed E-state index contributed by atoms with van der Waals surface area (Å²) in [5, 5.41) is 3.71. The number of unbranched alkanes of at least 4 members (excludes halogenated alkanes) is 7. The maximum Gasteiger partial charge on any atom is 0.294 e. The van der Waals surface area contributed by atoms with E-state index in [-0.39, 0.29) is 0 Å². The van der Waals surface area contributed by atoms with Crippen LogP contribution in [0, 0.1) is 0 Å². The lowest BCUT2D eigenvalue weighted by atomic mass is 9.92. The first-order chi connectivity index (χ1) is 18.2. The number of aliphatic imine (C=N–C) groups is 1. The highest BCUT2D eigenvalue weighted by Crippen LogP contribution is 2.36. The normalized spacial score (nSPS) is 12.3. The molecule has 0 bridgehead atoms. The second-order valence-corrected chi connectivity index (χ2v) is 12.1. The van der Waals surface area contributed by atoms with Gasteiger partial charge in [-0.15, -0.1) is 0 Å². The summed E-state index contributed by atoms with van der Waals surface area (Å²) in [4.78, 5) is 5.25. The second-order valence-electron chi connectivity index (χ2n) is 12.1. The van der Waals surface area contributed by atoms with Crippen LogP contribution in [0.25, 0.3) is 0 Å². The van der Waals surface area contributed by atoms with Gasteiger partial charge in [0.15, 0.2) is 0 Å². The topological polar surface area (TPSA) is 33.6 Å². The number of hydrogen-bond acceptors (Lipinski definition) is 2. The minimum atomic E-state index is 0.385. The van der Waals surface area contributed by atoms with Gasteiger partial charge in [-0.3, -0.25) is 0 Å². The molecule has 0 amide bonds. The number of nitrogens with zero attached hydrogens (tertiary/aromatic N) is 1. The summed E-state index contributed by atoms with van der Waals surface area (Å²) < 4.78 is 6.47. The first-order valence-corrected chi connectivity index (χ1v) is 15.4. The van der Waals surface area contributed by atoms with E-state index in [2.05, 4.69) is 104 Å². The van der Waals surface area contributed by atoms with Crippen molar-refractivity contribution in [2.24, 2.45) is 4.99 Å². The minimum Gasteiger partial charge on any atom is -0.465 e. The summed E-state index contributed by atoms with van der Waals surface area (Å²) in [6.45, 7) is 21.0. The van der Waals surface area contributed by atoms with Crippen LogP contribution in [-0.4, -0.2) is 12.6 Å². The molecule has 0 aromatic heterocycles. The molecule has 2 aromatic rings. The van der Waals surface area contributed by atoms with Crippen LogP contribution in [0.15, 0.2) is 41.4 Å². The van der Waals surface area contributed by atoms with Gasteiger partial charge < -0.3 is 10.1 Å². The maximum atomic E-state index is 6.47. The molecule has 0 fully saturated rings. The average Bonchev–Trinajstić information content (AvgIpc) is 2.87. The molecule has 0 saturated heterocycles. The minimum absolute atomic E-state index is 0.385. The van der Waals surface area contributed by atoms with Crippen LogP contribution >= 0.6 is 0 Å². The van der Waals surface area contributed by atoms with Crippen molar-refractivity contribution in [1.29, 1.82) is 0 Å². The van der Waals surface area contributed by atoms with Gasteiger partial charge in [0.25, 0.3) is 6.02 Å². The van der Waals surface area contributed by atoms with Crippen LogP contribution in [0.4, 0.5) is 11.4 Å². The van der Waals surface area contributed by atoms with E-state index >= 15 is 0 Å². The molecule has 1 N–H and O–H groups in total. The molecular weight excluding hydrogens is 464 g/mol. The molecule has 0 saturated carbocycles. The largest absolute Gasteiger partial charge is 0.465 e. The molecule has 0 atom stereocenters. The van der Waals surface area contributed by atoms with Gasteiger partial charge in [0.2, 0.25) is 0 Å². The Morgan fingerprint density at radius 3 is 1.50 bits per heavy atom. The van der Waals surface area contributed by atoms with E-state index in [4.69, 9.17) is 9.73 Å². The first-order valence-electron chi connectivity index (χ1n) is 15.4. The Labute approximate surface area is 234 Å². The number of ether oxygens (including phenoxy) is 1. The Morgan fingerprint density at radius 2 is 1.05 bits per heavy atom. The molecule has 3 nitrogen and oxygen atoms in total. The predicted octanol–water partition coefficient (Wildman–Crippen LogP) is 11.4.